The topological polar surface area (TPSA) is 32.3 Å². The number of carbonyl (C=O) groups is 1. The molecule has 3 nitrogen and oxygen atoms in total. The van der Waals surface area contributed by atoms with E-state index in [1.165, 1.54) is 12.1 Å². The van der Waals surface area contributed by atoms with Crippen LogP contribution in [0.3, 0.4) is 0 Å². The molecule has 94 valence electrons. The van der Waals surface area contributed by atoms with Crippen LogP contribution in [0.4, 0.5) is 10.1 Å². The minimum atomic E-state index is -0.358. The number of rotatable bonds is 5. The van der Waals surface area contributed by atoms with E-state index < -0.39 is 0 Å². The zero-order valence-electron chi connectivity index (χ0n) is 9.96. The quantitative estimate of drug-likeness (QED) is 0.824. The number of carbonyl (C=O) groups excluding carboxylic acids is 1. The number of nitrogens with zero attached hydrogens (tertiary/aromatic N) is 1. The van der Waals surface area contributed by atoms with Gasteiger partial charge in [0.1, 0.15) is 5.82 Å². The highest BCUT2D eigenvalue weighted by atomic mass is 35.5. The summed E-state index contributed by atoms with van der Waals surface area (Å²) >= 11 is 5.84. The zero-order chi connectivity index (χ0) is 12.8. The molecule has 0 spiro atoms. The molecule has 0 heterocycles. The van der Waals surface area contributed by atoms with E-state index in [2.05, 4.69) is 5.32 Å². The van der Waals surface area contributed by atoms with Crippen LogP contribution in [0.2, 0.25) is 5.02 Å². The molecule has 0 aliphatic rings. The first-order valence-corrected chi connectivity index (χ1v) is 5.77. The molecule has 0 radical (unpaired) electrons. The monoisotopic (exact) mass is 258 g/mol. The van der Waals surface area contributed by atoms with E-state index in [0.29, 0.717) is 30.1 Å². The van der Waals surface area contributed by atoms with Gasteiger partial charge in [-0.05, 0) is 24.6 Å². The van der Waals surface area contributed by atoms with E-state index in [-0.39, 0.29) is 11.7 Å². The summed E-state index contributed by atoms with van der Waals surface area (Å²) in [5, 5.41) is 3.42. The van der Waals surface area contributed by atoms with Crippen molar-refractivity contribution in [3.63, 3.8) is 0 Å². The van der Waals surface area contributed by atoms with Crippen molar-refractivity contribution in [2.24, 2.45) is 0 Å². The molecule has 1 rings (SSSR count). The molecule has 0 saturated heterocycles. The smallest absolute Gasteiger partial charge is 0.222 e. The highest BCUT2D eigenvalue weighted by Crippen LogP contribution is 2.22. The van der Waals surface area contributed by atoms with Crippen molar-refractivity contribution in [3.8, 4) is 0 Å². The first-order chi connectivity index (χ1) is 8.00. The van der Waals surface area contributed by atoms with Crippen LogP contribution in [0.15, 0.2) is 18.2 Å². The lowest BCUT2D eigenvalue weighted by Crippen LogP contribution is -2.22. The molecule has 0 atom stereocenters. The summed E-state index contributed by atoms with van der Waals surface area (Å²) in [6, 6.07) is 4.19. The number of hydrogen-bond acceptors (Lipinski definition) is 2. The highest BCUT2D eigenvalue weighted by Gasteiger charge is 2.04. The van der Waals surface area contributed by atoms with Gasteiger partial charge in [-0.2, -0.15) is 0 Å². The first-order valence-electron chi connectivity index (χ1n) is 5.40. The van der Waals surface area contributed by atoms with E-state index in [1.54, 1.807) is 25.1 Å². The summed E-state index contributed by atoms with van der Waals surface area (Å²) in [5.74, 6) is -0.264. The van der Waals surface area contributed by atoms with Crippen molar-refractivity contribution >= 4 is 23.2 Å². The molecule has 0 fully saturated rings. The standard InChI is InChI=1S/C12H16ClFN2O/c1-16(2)12(17)4-3-7-15-11-6-5-9(14)8-10(11)13/h5-6,8,15H,3-4,7H2,1-2H3. The van der Waals surface area contributed by atoms with Crippen molar-refractivity contribution in [2.45, 2.75) is 12.8 Å². The number of anilines is 1. The lowest BCUT2D eigenvalue weighted by Gasteiger charge is -2.11. The summed E-state index contributed by atoms with van der Waals surface area (Å²) in [4.78, 5) is 12.8. The van der Waals surface area contributed by atoms with Crippen LogP contribution in [0, 0.1) is 5.82 Å². The summed E-state index contributed by atoms with van der Waals surface area (Å²) in [5.41, 5.74) is 0.686. The average Bonchev–Trinajstić information content (AvgIpc) is 2.26. The fourth-order valence-corrected chi connectivity index (χ4v) is 1.55. The molecule has 0 aliphatic heterocycles. The minimum absolute atomic E-state index is 0.0944. The van der Waals surface area contributed by atoms with E-state index >= 15 is 0 Å². The Bertz CT molecular complexity index is 396. The molecule has 0 aromatic heterocycles. The van der Waals surface area contributed by atoms with Gasteiger partial charge in [-0.15, -0.1) is 0 Å². The Balaban J connectivity index is 2.34. The Morgan fingerprint density at radius 1 is 1.47 bits per heavy atom. The molecular formula is C12H16ClFN2O. The largest absolute Gasteiger partial charge is 0.384 e. The van der Waals surface area contributed by atoms with Crippen LogP contribution in [0.5, 0.6) is 0 Å². The van der Waals surface area contributed by atoms with Crippen LogP contribution in [-0.4, -0.2) is 31.4 Å². The predicted molar refractivity (Wildman–Crippen MR) is 67.8 cm³/mol. The highest BCUT2D eigenvalue weighted by molar-refractivity contribution is 6.33. The maximum atomic E-state index is 12.8. The maximum absolute atomic E-state index is 12.8. The second-order valence-corrected chi connectivity index (χ2v) is 4.35. The maximum Gasteiger partial charge on any atom is 0.222 e. The van der Waals surface area contributed by atoms with Crippen molar-refractivity contribution in [1.29, 1.82) is 0 Å². The van der Waals surface area contributed by atoms with Gasteiger partial charge in [0, 0.05) is 27.1 Å². The fourth-order valence-electron chi connectivity index (χ4n) is 1.32. The minimum Gasteiger partial charge on any atom is -0.384 e. The number of hydrogen-bond donors (Lipinski definition) is 1. The Morgan fingerprint density at radius 3 is 2.76 bits per heavy atom. The summed E-state index contributed by atoms with van der Waals surface area (Å²) in [6.45, 7) is 0.630. The predicted octanol–water partition coefficient (Wildman–Crippen LogP) is 2.76. The summed E-state index contributed by atoms with van der Waals surface area (Å²) in [7, 11) is 3.46. The van der Waals surface area contributed by atoms with E-state index in [0.717, 1.165) is 0 Å². The van der Waals surface area contributed by atoms with Crippen molar-refractivity contribution in [3.05, 3.63) is 29.0 Å². The summed E-state index contributed by atoms with van der Waals surface area (Å²) < 4.78 is 12.8. The molecule has 17 heavy (non-hydrogen) atoms. The molecule has 0 aliphatic carbocycles. The van der Waals surface area contributed by atoms with Crippen LogP contribution in [0.1, 0.15) is 12.8 Å². The van der Waals surface area contributed by atoms with Gasteiger partial charge in [-0.25, -0.2) is 4.39 Å². The van der Waals surface area contributed by atoms with Gasteiger partial charge in [-0.1, -0.05) is 11.6 Å². The first kappa shape index (κ1) is 13.8. The van der Waals surface area contributed by atoms with Crippen molar-refractivity contribution < 1.29 is 9.18 Å². The molecule has 0 saturated carbocycles. The molecular weight excluding hydrogens is 243 g/mol. The van der Waals surface area contributed by atoms with Crippen LogP contribution >= 0.6 is 11.6 Å². The van der Waals surface area contributed by atoms with Gasteiger partial charge in [0.15, 0.2) is 0 Å². The Labute approximate surface area is 106 Å². The third-order valence-corrected chi connectivity index (χ3v) is 2.63. The second kappa shape index (κ2) is 6.45. The van der Waals surface area contributed by atoms with Gasteiger partial charge >= 0.3 is 0 Å². The molecule has 1 aromatic carbocycles. The number of nitrogens with one attached hydrogen (secondary N) is 1. The van der Waals surface area contributed by atoms with Crippen LogP contribution in [0.25, 0.3) is 0 Å². The summed E-state index contributed by atoms with van der Waals surface area (Å²) in [6.07, 6.45) is 1.20. The Hall–Kier alpha value is -1.29. The third-order valence-electron chi connectivity index (χ3n) is 2.31. The molecule has 5 heteroatoms. The van der Waals surface area contributed by atoms with E-state index in [4.69, 9.17) is 11.6 Å². The molecule has 1 amide bonds. The van der Waals surface area contributed by atoms with E-state index in [1.807, 2.05) is 0 Å². The number of benzene rings is 1. The van der Waals surface area contributed by atoms with Gasteiger partial charge in [0.05, 0.1) is 10.7 Å². The lowest BCUT2D eigenvalue weighted by molar-refractivity contribution is -0.128. The van der Waals surface area contributed by atoms with Gasteiger partial charge < -0.3 is 10.2 Å². The van der Waals surface area contributed by atoms with Crippen molar-refractivity contribution in [1.82, 2.24) is 4.90 Å². The van der Waals surface area contributed by atoms with Crippen LogP contribution in [-0.2, 0) is 4.79 Å². The average molecular weight is 259 g/mol. The van der Waals surface area contributed by atoms with Crippen LogP contribution < -0.4 is 5.32 Å². The number of halogens is 2. The second-order valence-electron chi connectivity index (χ2n) is 3.94. The SMILES string of the molecule is CN(C)C(=O)CCCNc1ccc(F)cc1Cl. The Morgan fingerprint density at radius 2 is 2.18 bits per heavy atom. The molecule has 1 N–H and O–H groups in total. The normalized spacial score (nSPS) is 10.1. The van der Waals surface area contributed by atoms with E-state index in [9.17, 15) is 9.18 Å². The molecule has 1 aromatic rings. The molecule has 0 bridgehead atoms. The van der Waals surface area contributed by atoms with Gasteiger partial charge in [0.25, 0.3) is 0 Å². The third kappa shape index (κ3) is 4.61. The zero-order valence-corrected chi connectivity index (χ0v) is 10.7. The number of amides is 1. The van der Waals surface area contributed by atoms with Gasteiger partial charge in [0.2, 0.25) is 5.91 Å². The fraction of sp³-hybridized carbons (Fsp3) is 0.417. The molecule has 0 unspecified atom stereocenters. The van der Waals surface area contributed by atoms with Gasteiger partial charge in [-0.3, -0.25) is 4.79 Å². The Kier molecular flexibility index (Phi) is 5.22. The van der Waals surface area contributed by atoms with Crippen molar-refractivity contribution in [2.75, 3.05) is 26.0 Å². The lowest BCUT2D eigenvalue weighted by atomic mass is 10.2.